The SMILES string of the molecule is O=C(O)CC(O)(CC(=O)O)C(=O)O.[Fe].[NaH].[NaH].[NaH]. The zero-order chi connectivity index (χ0) is 10.6. The van der Waals surface area contributed by atoms with E-state index >= 15 is 0 Å². The van der Waals surface area contributed by atoms with Crippen LogP contribution < -0.4 is 0 Å². The summed E-state index contributed by atoms with van der Waals surface area (Å²) < 4.78 is 0. The molecule has 0 atom stereocenters. The number of aliphatic hydroxyl groups is 1. The van der Waals surface area contributed by atoms with E-state index in [0.717, 1.165) is 0 Å². The van der Waals surface area contributed by atoms with Gasteiger partial charge < -0.3 is 20.4 Å². The van der Waals surface area contributed by atoms with Crippen LogP contribution >= 0.6 is 0 Å². The van der Waals surface area contributed by atoms with Crippen molar-refractivity contribution in [2.24, 2.45) is 0 Å². The van der Waals surface area contributed by atoms with E-state index in [9.17, 15) is 14.4 Å². The maximum atomic E-state index is 10.3. The second-order valence-electron chi connectivity index (χ2n) is 2.48. The van der Waals surface area contributed by atoms with E-state index in [1.54, 1.807) is 0 Å². The van der Waals surface area contributed by atoms with Gasteiger partial charge in [-0.15, -0.1) is 0 Å². The van der Waals surface area contributed by atoms with Crippen molar-refractivity contribution < 1.29 is 51.9 Å². The van der Waals surface area contributed by atoms with Crippen LogP contribution in [0.15, 0.2) is 0 Å². The molecule has 0 unspecified atom stereocenters. The third-order valence-corrected chi connectivity index (χ3v) is 1.29. The van der Waals surface area contributed by atoms with E-state index < -0.39 is 36.4 Å². The summed E-state index contributed by atoms with van der Waals surface area (Å²) in [4.78, 5) is 30.5. The van der Waals surface area contributed by atoms with Crippen molar-refractivity contribution in [1.82, 2.24) is 0 Å². The Morgan fingerprint density at radius 3 is 1.18 bits per heavy atom. The molecular formula is C6H11FeNa3O7. The van der Waals surface area contributed by atoms with E-state index in [1.165, 1.54) is 0 Å². The Hall–Kier alpha value is 1.89. The van der Waals surface area contributed by atoms with Crippen molar-refractivity contribution in [1.29, 1.82) is 0 Å². The van der Waals surface area contributed by atoms with Crippen LogP contribution in [-0.2, 0) is 31.5 Å². The zero-order valence-corrected chi connectivity index (χ0v) is 7.89. The first kappa shape index (κ1) is 31.3. The molecule has 0 aliphatic carbocycles. The summed E-state index contributed by atoms with van der Waals surface area (Å²) in [5, 5.41) is 33.8. The van der Waals surface area contributed by atoms with Gasteiger partial charge in [0.15, 0.2) is 5.60 Å². The molecule has 17 heavy (non-hydrogen) atoms. The summed E-state index contributed by atoms with van der Waals surface area (Å²) in [6.07, 6.45) is -2.29. The molecule has 0 aromatic heterocycles. The van der Waals surface area contributed by atoms with Crippen molar-refractivity contribution in [3.8, 4) is 0 Å². The molecule has 0 spiro atoms. The molecule has 0 heterocycles. The van der Waals surface area contributed by atoms with Gasteiger partial charge in [-0.05, 0) is 0 Å². The first-order valence-electron chi connectivity index (χ1n) is 3.17. The maximum absolute atomic E-state index is 10.3. The van der Waals surface area contributed by atoms with Gasteiger partial charge in [-0.2, -0.15) is 0 Å². The number of carboxylic acids is 3. The van der Waals surface area contributed by atoms with E-state index in [2.05, 4.69) is 0 Å². The van der Waals surface area contributed by atoms with Gasteiger partial charge in [0, 0.05) is 17.1 Å². The van der Waals surface area contributed by atoms with Crippen LogP contribution in [0.1, 0.15) is 12.8 Å². The number of carbonyl (C=O) groups is 3. The predicted molar refractivity (Wildman–Crippen MR) is 58.5 cm³/mol. The van der Waals surface area contributed by atoms with E-state index in [4.69, 9.17) is 20.4 Å². The van der Waals surface area contributed by atoms with Crippen molar-refractivity contribution in [2.75, 3.05) is 0 Å². The molecule has 0 saturated carbocycles. The molecular weight excluding hydrogens is 309 g/mol. The van der Waals surface area contributed by atoms with Gasteiger partial charge in [0.2, 0.25) is 0 Å². The molecule has 0 radical (unpaired) electrons. The molecule has 88 valence electrons. The molecule has 0 amide bonds. The number of aliphatic carboxylic acids is 3. The molecule has 0 aliphatic heterocycles. The molecule has 0 rings (SSSR count). The standard InChI is InChI=1S/C6H8O7.Fe.3Na.3H/c7-3(8)1-6(13,5(11)12)2-4(9)10;;;;;;;/h13H,1-2H2,(H,7,8)(H,9,10)(H,11,12);;;;;;;. The summed E-state index contributed by atoms with van der Waals surface area (Å²) in [7, 11) is 0. The minimum atomic E-state index is -2.74. The van der Waals surface area contributed by atoms with Crippen LogP contribution in [0.2, 0.25) is 0 Å². The van der Waals surface area contributed by atoms with Crippen molar-refractivity contribution in [2.45, 2.75) is 18.4 Å². The first-order chi connectivity index (χ1) is 5.78. The quantitative estimate of drug-likeness (QED) is 0.392. The van der Waals surface area contributed by atoms with Crippen molar-refractivity contribution in [3.05, 3.63) is 0 Å². The second kappa shape index (κ2) is 14.3. The number of hydrogen-bond acceptors (Lipinski definition) is 4. The van der Waals surface area contributed by atoms with Gasteiger partial charge in [-0.25, -0.2) is 4.79 Å². The zero-order valence-electron chi connectivity index (χ0n) is 6.78. The van der Waals surface area contributed by atoms with Gasteiger partial charge in [0.1, 0.15) is 0 Å². The molecule has 4 N–H and O–H groups in total. The average Bonchev–Trinajstić information content (AvgIpc) is 1.82. The summed E-state index contributed by atoms with van der Waals surface area (Å²) >= 11 is 0. The van der Waals surface area contributed by atoms with Crippen LogP contribution in [0, 0.1) is 0 Å². The van der Waals surface area contributed by atoms with Crippen LogP contribution in [0.5, 0.6) is 0 Å². The van der Waals surface area contributed by atoms with Crippen LogP contribution in [0.25, 0.3) is 0 Å². The molecule has 0 saturated heterocycles. The molecule has 0 bridgehead atoms. The van der Waals surface area contributed by atoms with E-state index in [-0.39, 0.29) is 106 Å². The van der Waals surface area contributed by atoms with Crippen LogP contribution in [-0.4, -0.2) is 133 Å². The van der Waals surface area contributed by atoms with E-state index in [0.29, 0.717) is 0 Å². The Labute approximate surface area is 174 Å². The fraction of sp³-hybridized carbons (Fsp3) is 0.500. The molecule has 11 heteroatoms. The summed E-state index contributed by atoms with van der Waals surface area (Å²) in [5.74, 6) is -5.02. The number of rotatable bonds is 5. The Kier molecular flexibility index (Phi) is 26.4. The normalized spacial score (nSPS) is 8.29. The van der Waals surface area contributed by atoms with Gasteiger partial charge in [-0.1, -0.05) is 0 Å². The Morgan fingerprint density at radius 2 is 1.06 bits per heavy atom. The summed E-state index contributed by atoms with van der Waals surface area (Å²) in [6.45, 7) is 0. The first-order valence-corrected chi connectivity index (χ1v) is 3.17. The summed E-state index contributed by atoms with van der Waals surface area (Å²) in [5.41, 5.74) is -2.74. The number of carboxylic acid groups (broad SMARTS) is 3. The third-order valence-electron chi connectivity index (χ3n) is 1.29. The molecule has 0 aromatic rings. The fourth-order valence-electron chi connectivity index (χ4n) is 0.714. The fourth-order valence-corrected chi connectivity index (χ4v) is 0.714. The Bertz CT molecular complexity index is 244. The van der Waals surface area contributed by atoms with Crippen LogP contribution in [0.4, 0.5) is 0 Å². The topological polar surface area (TPSA) is 132 Å². The molecule has 0 aromatic carbocycles. The molecule has 0 aliphatic rings. The predicted octanol–water partition coefficient (Wildman–Crippen LogP) is -3.20. The van der Waals surface area contributed by atoms with Crippen LogP contribution in [0.3, 0.4) is 0 Å². The van der Waals surface area contributed by atoms with E-state index in [1.807, 2.05) is 0 Å². The van der Waals surface area contributed by atoms with Crippen molar-refractivity contribution >= 4 is 107 Å². The minimum absolute atomic E-state index is 0. The molecule has 0 fully saturated rings. The average molecular weight is 320 g/mol. The Balaban J connectivity index is -0.000000120. The van der Waals surface area contributed by atoms with Gasteiger partial charge in [0.05, 0.1) is 12.8 Å². The monoisotopic (exact) mass is 320 g/mol. The van der Waals surface area contributed by atoms with Gasteiger partial charge in [-0.3, -0.25) is 9.59 Å². The number of hydrogen-bond donors (Lipinski definition) is 4. The Morgan fingerprint density at radius 1 is 0.824 bits per heavy atom. The molecule has 7 nitrogen and oxygen atoms in total. The van der Waals surface area contributed by atoms with Crippen molar-refractivity contribution in [3.63, 3.8) is 0 Å². The third kappa shape index (κ3) is 14.1. The van der Waals surface area contributed by atoms with Gasteiger partial charge >= 0.3 is 107 Å². The second-order valence-corrected chi connectivity index (χ2v) is 2.48. The van der Waals surface area contributed by atoms with Gasteiger partial charge in [0.25, 0.3) is 0 Å². The summed E-state index contributed by atoms with van der Waals surface area (Å²) in [6, 6.07) is 0.